The summed E-state index contributed by atoms with van der Waals surface area (Å²) in [6.07, 6.45) is 1.44. The second-order valence-corrected chi connectivity index (χ2v) is 5.54. The molecule has 0 N–H and O–H groups in total. The fourth-order valence-corrected chi connectivity index (χ4v) is 2.73. The van der Waals surface area contributed by atoms with Gasteiger partial charge in [-0.3, -0.25) is 0 Å². The molecule has 0 saturated carbocycles. The van der Waals surface area contributed by atoms with Gasteiger partial charge in [-0.1, -0.05) is 0 Å². The summed E-state index contributed by atoms with van der Waals surface area (Å²) in [6.45, 7) is 1.58. The van der Waals surface area contributed by atoms with Crippen molar-refractivity contribution in [3.8, 4) is 11.8 Å². The van der Waals surface area contributed by atoms with Crippen LogP contribution in [0.15, 0.2) is 42.5 Å². The molecule has 5 heteroatoms. The lowest BCUT2D eigenvalue weighted by atomic mass is 10.1. The van der Waals surface area contributed by atoms with Gasteiger partial charge in [-0.05, 0) is 36.4 Å². The molecule has 0 aliphatic carbocycles. The third-order valence-corrected chi connectivity index (χ3v) is 3.99. The SMILES string of the molecule is N#Cc1ccc(N2CCC(Oc3ccc(F)cc3F)CC2)cc1. The van der Waals surface area contributed by atoms with E-state index in [-0.39, 0.29) is 11.9 Å². The Balaban J connectivity index is 1.58. The average Bonchev–Trinajstić information content (AvgIpc) is 2.58. The van der Waals surface area contributed by atoms with E-state index in [2.05, 4.69) is 11.0 Å². The standard InChI is InChI=1S/C18H16F2N2O/c19-14-3-6-18(17(20)11-14)23-16-7-9-22(10-8-16)15-4-1-13(12-21)2-5-15/h1-6,11,16H,7-10H2. The van der Waals surface area contributed by atoms with Crippen LogP contribution in [0, 0.1) is 23.0 Å². The molecule has 1 aliphatic heterocycles. The van der Waals surface area contributed by atoms with Crippen LogP contribution in [0.4, 0.5) is 14.5 Å². The smallest absolute Gasteiger partial charge is 0.167 e. The first-order valence-corrected chi connectivity index (χ1v) is 7.52. The Kier molecular flexibility index (Phi) is 4.42. The molecule has 1 heterocycles. The summed E-state index contributed by atoms with van der Waals surface area (Å²) >= 11 is 0. The number of benzene rings is 2. The Morgan fingerprint density at radius 2 is 1.74 bits per heavy atom. The largest absolute Gasteiger partial charge is 0.487 e. The molecule has 0 bridgehead atoms. The van der Waals surface area contributed by atoms with Gasteiger partial charge in [0.2, 0.25) is 0 Å². The maximum Gasteiger partial charge on any atom is 0.167 e. The van der Waals surface area contributed by atoms with Gasteiger partial charge in [-0.2, -0.15) is 5.26 Å². The van der Waals surface area contributed by atoms with Gasteiger partial charge in [-0.15, -0.1) is 0 Å². The first-order chi connectivity index (χ1) is 11.2. The third-order valence-electron chi connectivity index (χ3n) is 3.99. The van der Waals surface area contributed by atoms with E-state index in [1.165, 1.54) is 12.1 Å². The summed E-state index contributed by atoms with van der Waals surface area (Å²) < 4.78 is 32.2. The summed E-state index contributed by atoms with van der Waals surface area (Å²) in [7, 11) is 0. The molecule has 0 amide bonds. The van der Waals surface area contributed by atoms with Gasteiger partial charge >= 0.3 is 0 Å². The molecule has 2 aromatic rings. The topological polar surface area (TPSA) is 36.3 Å². The van der Waals surface area contributed by atoms with Crippen molar-refractivity contribution in [2.24, 2.45) is 0 Å². The van der Waals surface area contributed by atoms with Crippen molar-refractivity contribution >= 4 is 5.69 Å². The first kappa shape index (κ1) is 15.3. The van der Waals surface area contributed by atoms with E-state index in [9.17, 15) is 8.78 Å². The molecule has 23 heavy (non-hydrogen) atoms. The summed E-state index contributed by atoms with van der Waals surface area (Å²) in [5, 5.41) is 8.82. The van der Waals surface area contributed by atoms with Gasteiger partial charge in [0.25, 0.3) is 0 Å². The van der Waals surface area contributed by atoms with Crippen LogP contribution in [0.2, 0.25) is 0 Å². The molecule has 3 nitrogen and oxygen atoms in total. The second-order valence-electron chi connectivity index (χ2n) is 5.54. The van der Waals surface area contributed by atoms with E-state index in [0.29, 0.717) is 5.56 Å². The van der Waals surface area contributed by atoms with E-state index in [1.54, 1.807) is 12.1 Å². The fourth-order valence-electron chi connectivity index (χ4n) is 2.73. The zero-order chi connectivity index (χ0) is 16.2. The number of halogens is 2. The Morgan fingerprint density at radius 3 is 2.35 bits per heavy atom. The van der Waals surface area contributed by atoms with Gasteiger partial charge in [0.15, 0.2) is 11.6 Å². The van der Waals surface area contributed by atoms with E-state index < -0.39 is 11.6 Å². The zero-order valence-electron chi connectivity index (χ0n) is 12.5. The van der Waals surface area contributed by atoms with Crippen molar-refractivity contribution in [1.82, 2.24) is 0 Å². The molecular weight excluding hydrogens is 298 g/mol. The van der Waals surface area contributed by atoms with Crippen molar-refractivity contribution in [2.45, 2.75) is 18.9 Å². The van der Waals surface area contributed by atoms with Crippen molar-refractivity contribution in [3.05, 3.63) is 59.7 Å². The Bertz CT molecular complexity index is 717. The van der Waals surface area contributed by atoms with Gasteiger partial charge in [0.05, 0.1) is 11.6 Å². The highest BCUT2D eigenvalue weighted by Crippen LogP contribution is 2.25. The highest BCUT2D eigenvalue weighted by molar-refractivity contribution is 5.50. The number of ether oxygens (including phenoxy) is 1. The number of nitriles is 1. The molecule has 2 aromatic carbocycles. The minimum Gasteiger partial charge on any atom is -0.487 e. The van der Waals surface area contributed by atoms with E-state index in [0.717, 1.165) is 37.7 Å². The fraction of sp³-hybridized carbons (Fsp3) is 0.278. The molecule has 0 atom stereocenters. The lowest BCUT2D eigenvalue weighted by molar-refractivity contribution is 0.163. The maximum atomic E-state index is 13.6. The van der Waals surface area contributed by atoms with Crippen LogP contribution < -0.4 is 9.64 Å². The van der Waals surface area contributed by atoms with Gasteiger partial charge in [0.1, 0.15) is 11.9 Å². The number of piperidine rings is 1. The number of hydrogen-bond acceptors (Lipinski definition) is 3. The molecule has 3 rings (SSSR count). The van der Waals surface area contributed by atoms with Crippen LogP contribution in [0.5, 0.6) is 5.75 Å². The monoisotopic (exact) mass is 314 g/mol. The predicted molar refractivity (Wildman–Crippen MR) is 83.4 cm³/mol. The van der Waals surface area contributed by atoms with Gasteiger partial charge in [-0.25, -0.2) is 8.78 Å². The van der Waals surface area contributed by atoms with E-state index in [1.807, 2.05) is 12.1 Å². The minimum atomic E-state index is -0.667. The van der Waals surface area contributed by atoms with Crippen molar-refractivity contribution in [1.29, 1.82) is 5.26 Å². The molecule has 118 valence electrons. The van der Waals surface area contributed by atoms with E-state index in [4.69, 9.17) is 10.00 Å². The number of anilines is 1. The lowest BCUT2D eigenvalue weighted by Gasteiger charge is -2.33. The molecule has 0 aromatic heterocycles. The third kappa shape index (κ3) is 3.59. The predicted octanol–water partition coefficient (Wildman–Crippen LogP) is 3.88. The summed E-state index contributed by atoms with van der Waals surface area (Å²) in [4.78, 5) is 2.21. The number of nitrogens with zero attached hydrogens (tertiary/aromatic N) is 2. The maximum absolute atomic E-state index is 13.6. The van der Waals surface area contributed by atoms with Crippen molar-refractivity contribution in [3.63, 3.8) is 0 Å². The van der Waals surface area contributed by atoms with Crippen LogP contribution in [0.25, 0.3) is 0 Å². The lowest BCUT2D eigenvalue weighted by Crippen LogP contribution is -2.38. The quantitative estimate of drug-likeness (QED) is 0.862. The van der Waals surface area contributed by atoms with Crippen LogP contribution in [0.1, 0.15) is 18.4 Å². The summed E-state index contributed by atoms with van der Waals surface area (Å²) in [5.74, 6) is -1.17. The number of hydrogen-bond donors (Lipinski definition) is 0. The summed E-state index contributed by atoms with van der Waals surface area (Å²) in [5.41, 5.74) is 1.70. The molecular formula is C18H16F2N2O. The highest BCUT2D eigenvalue weighted by atomic mass is 19.1. The Labute approximate surface area is 133 Å². The Hall–Kier alpha value is -2.61. The Morgan fingerprint density at radius 1 is 1.04 bits per heavy atom. The molecule has 1 aliphatic rings. The second kappa shape index (κ2) is 6.66. The van der Waals surface area contributed by atoms with Crippen LogP contribution in [-0.4, -0.2) is 19.2 Å². The highest BCUT2D eigenvalue weighted by Gasteiger charge is 2.21. The summed E-state index contributed by atoms with van der Waals surface area (Å²) in [6, 6.07) is 12.9. The average molecular weight is 314 g/mol. The van der Waals surface area contributed by atoms with Gasteiger partial charge in [0, 0.05) is 37.7 Å². The molecule has 1 fully saturated rings. The van der Waals surface area contributed by atoms with Crippen molar-refractivity contribution < 1.29 is 13.5 Å². The zero-order valence-corrected chi connectivity index (χ0v) is 12.5. The molecule has 0 radical (unpaired) electrons. The normalized spacial score (nSPS) is 15.3. The van der Waals surface area contributed by atoms with Crippen molar-refractivity contribution in [2.75, 3.05) is 18.0 Å². The molecule has 0 spiro atoms. The van der Waals surface area contributed by atoms with Crippen LogP contribution >= 0.6 is 0 Å². The van der Waals surface area contributed by atoms with E-state index >= 15 is 0 Å². The molecule has 0 unspecified atom stereocenters. The minimum absolute atomic E-state index is 0.0791. The van der Waals surface area contributed by atoms with Crippen LogP contribution in [0.3, 0.4) is 0 Å². The van der Waals surface area contributed by atoms with Gasteiger partial charge < -0.3 is 9.64 Å². The number of rotatable bonds is 3. The van der Waals surface area contributed by atoms with Crippen LogP contribution in [-0.2, 0) is 0 Å². The molecule has 1 saturated heterocycles. The first-order valence-electron chi connectivity index (χ1n) is 7.52.